The number of carbonyl (C=O) groups is 2. The van der Waals surface area contributed by atoms with Crippen molar-refractivity contribution >= 4 is 11.9 Å². The topological polar surface area (TPSA) is 106 Å². The van der Waals surface area contributed by atoms with Crippen LogP contribution in [0.25, 0.3) is 0 Å². The normalized spacial score (nSPS) is 18.9. The van der Waals surface area contributed by atoms with E-state index in [0.29, 0.717) is 6.61 Å². The van der Waals surface area contributed by atoms with E-state index >= 15 is 0 Å². The zero-order chi connectivity index (χ0) is 13.5. The Kier molecular flexibility index (Phi) is 5.76. The minimum atomic E-state index is -1.14. The van der Waals surface area contributed by atoms with Gasteiger partial charge >= 0.3 is 11.9 Å². The van der Waals surface area contributed by atoms with Crippen molar-refractivity contribution < 1.29 is 34.0 Å². The zero-order valence-corrected chi connectivity index (χ0v) is 9.83. The standard InChI is InChI=1S/C11H16O7/c1-7(11(15)18-4-8(13)3-12)2-10(14)17-6-9-5-16-9/h8-9,12-13H,1-6H2. The summed E-state index contributed by atoms with van der Waals surface area (Å²) in [5.41, 5.74) is -0.0677. The van der Waals surface area contributed by atoms with Gasteiger partial charge in [-0.3, -0.25) is 4.79 Å². The van der Waals surface area contributed by atoms with Crippen LogP contribution >= 0.6 is 0 Å². The van der Waals surface area contributed by atoms with Gasteiger partial charge in [-0.25, -0.2) is 4.79 Å². The Bertz CT molecular complexity index is 321. The molecule has 1 fully saturated rings. The van der Waals surface area contributed by atoms with Crippen molar-refractivity contribution in [2.75, 3.05) is 26.4 Å². The lowest BCUT2D eigenvalue weighted by molar-refractivity contribution is -0.148. The molecule has 1 aliphatic rings. The second-order valence-electron chi connectivity index (χ2n) is 3.85. The molecule has 0 saturated carbocycles. The molecule has 18 heavy (non-hydrogen) atoms. The SMILES string of the molecule is C=C(CC(=O)OCC1CO1)C(=O)OCC(O)CO. The molecule has 102 valence electrons. The van der Waals surface area contributed by atoms with Crippen molar-refractivity contribution in [3.05, 3.63) is 12.2 Å². The van der Waals surface area contributed by atoms with E-state index in [4.69, 9.17) is 19.7 Å². The number of hydrogen-bond acceptors (Lipinski definition) is 7. The smallest absolute Gasteiger partial charge is 0.334 e. The number of aliphatic hydroxyl groups is 2. The molecule has 0 spiro atoms. The van der Waals surface area contributed by atoms with Gasteiger partial charge in [-0.05, 0) is 0 Å². The van der Waals surface area contributed by atoms with E-state index in [1.807, 2.05) is 0 Å². The van der Waals surface area contributed by atoms with Crippen molar-refractivity contribution in [2.24, 2.45) is 0 Å². The minimum absolute atomic E-state index is 0.0335. The Hall–Kier alpha value is -1.44. The zero-order valence-electron chi connectivity index (χ0n) is 9.83. The summed E-state index contributed by atoms with van der Waals surface area (Å²) in [6.45, 7) is 3.28. The first-order valence-electron chi connectivity index (χ1n) is 5.44. The van der Waals surface area contributed by atoms with E-state index in [2.05, 4.69) is 11.3 Å². The minimum Gasteiger partial charge on any atom is -0.463 e. The predicted octanol–water partition coefficient (Wildman–Crippen LogP) is -1.23. The van der Waals surface area contributed by atoms with Crippen LogP contribution in [0.2, 0.25) is 0 Å². The Morgan fingerprint density at radius 1 is 1.44 bits per heavy atom. The lowest BCUT2D eigenvalue weighted by Crippen LogP contribution is -2.23. The fourth-order valence-electron chi connectivity index (χ4n) is 0.974. The third-order valence-corrected chi connectivity index (χ3v) is 2.10. The Balaban J connectivity index is 2.17. The second-order valence-corrected chi connectivity index (χ2v) is 3.85. The van der Waals surface area contributed by atoms with Gasteiger partial charge in [0.05, 0.1) is 19.6 Å². The maximum atomic E-state index is 11.3. The molecular weight excluding hydrogens is 244 g/mol. The highest BCUT2D eigenvalue weighted by Gasteiger charge is 2.24. The molecule has 0 aliphatic carbocycles. The maximum Gasteiger partial charge on any atom is 0.334 e. The summed E-state index contributed by atoms with van der Waals surface area (Å²) in [6.07, 6.45) is -1.45. The van der Waals surface area contributed by atoms with Gasteiger partial charge in [0.1, 0.15) is 25.4 Å². The lowest BCUT2D eigenvalue weighted by atomic mass is 10.2. The molecule has 0 amide bonds. The van der Waals surface area contributed by atoms with Gasteiger partial charge in [-0.2, -0.15) is 0 Å². The fraction of sp³-hybridized carbons (Fsp3) is 0.636. The maximum absolute atomic E-state index is 11.3. The van der Waals surface area contributed by atoms with Gasteiger partial charge in [-0.1, -0.05) is 6.58 Å². The monoisotopic (exact) mass is 260 g/mol. The van der Waals surface area contributed by atoms with Gasteiger partial charge in [-0.15, -0.1) is 0 Å². The number of hydrogen-bond donors (Lipinski definition) is 2. The third-order valence-electron chi connectivity index (χ3n) is 2.10. The quantitative estimate of drug-likeness (QED) is 0.320. The van der Waals surface area contributed by atoms with Crippen molar-refractivity contribution in [3.8, 4) is 0 Å². The van der Waals surface area contributed by atoms with E-state index in [1.165, 1.54) is 0 Å². The van der Waals surface area contributed by atoms with Crippen LogP contribution in [0.1, 0.15) is 6.42 Å². The Labute approximate surface area is 104 Å². The van der Waals surface area contributed by atoms with Gasteiger partial charge in [0.15, 0.2) is 0 Å². The molecule has 0 bridgehead atoms. The predicted molar refractivity (Wildman–Crippen MR) is 58.5 cm³/mol. The van der Waals surface area contributed by atoms with Crippen molar-refractivity contribution in [1.29, 1.82) is 0 Å². The van der Waals surface area contributed by atoms with E-state index in [1.54, 1.807) is 0 Å². The fourth-order valence-corrected chi connectivity index (χ4v) is 0.974. The highest BCUT2D eigenvalue weighted by atomic mass is 16.6. The van der Waals surface area contributed by atoms with Crippen molar-refractivity contribution in [3.63, 3.8) is 0 Å². The molecule has 0 aromatic carbocycles. The lowest BCUT2D eigenvalue weighted by Gasteiger charge is -2.09. The van der Waals surface area contributed by atoms with Crippen molar-refractivity contribution in [2.45, 2.75) is 18.6 Å². The number of aliphatic hydroxyl groups excluding tert-OH is 2. The highest BCUT2D eigenvalue weighted by molar-refractivity contribution is 5.93. The van der Waals surface area contributed by atoms with Crippen LogP contribution in [-0.2, 0) is 23.8 Å². The second kappa shape index (κ2) is 7.10. The van der Waals surface area contributed by atoms with Crippen LogP contribution in [0, 0.1) is 0 Å². The molecule has 1 aliphatic heterocycles. The summed E-state index contributed by atoms with van der Waals surface area (Å²) in [6, 6.07) is 0. The molecule has 1 heterocycles. The summed E-state index contributed by atoms with van der Waals surface area (Å²) in [5, 5.41) is 17.5. The molecule has 2 N–H and O–H groups in total. The summed E-state index contributed by atoms with van der Waals surface area (Å²) in [5.74, 6) is -1.39. The van der Waals surface area contributed by atoms with Gasteiger partial charge in [0.2, 0.25) is 0 Å². The van der Waals surface area contributed by atoms with E-state index < -0.39 is 24.6 Å². The molecule has 1 saturated heterocycles. The van der Waals surface area contributed by atoms with Crippen LogP contribution < -0.4 is 0 Å². The summed E-state index contributed by atoms with van der Waals surface area (Å²) in [4.78, 5) is 22.6. The largest absolute Gasteiger partial charge is 0.463 e. The van der Waals surface area contributed by atoms with Gasteiger partial charge in [0.25, 0.3) is 0 Å². The summed E-state index contributed by atoms with van der Waals surface area (Å²) >= 11 is 0. The number of carbonyl (C=O) groups excluding carboxylic acids is 2. The number of rotatable bonds is 8. The molecule has 7 heteroatoms. The first-order chi connectivity index (χ1) is 8.52. The Morgan fingerprint density at radius 2 is 2.11 bits per heavy atom. The number of epoxide rings is 1. The highest BCUT2D eigenvalue weighted by Crippen LogP contribution is 2.10. The van der Waals surface area contributed by atoms with Crippen LogP contribution in [0.5, 0.6) is 0 Å². The molecule has 0 radical (unpaired) electrons. The number of esters is 2. The first kappa shape index (κ1) is 14.6. The van der Waals surface area contributed by atoms with Crippen LogP contribution in [0.15, 0.2) is 12.2 Å². The van der Waals surface area contributed by atoms with Crippen molar-refractivity contribution in [1.82, 2.24) is 0 Å². The average Bonchev–Trinajstić information content (AvgIpc) is 3.16. The molecular formula is C11H16O7. The summed E-state index contributed by atoms with van der Waals surface area (Å²) in [7, 11) is 0. The molecule has 1 rings (SSSR count). The Morgan fingerprint density at radius 3 is 2.67 bits per heavy atom. The molecule has 2 atom stereocenters. The molecule has 7 nitrogen and oxygen atoms in total. The average molecular weight is 260 g/mol. The molecule has 2 unspecified atom stereocenters. The third kappa shape index (κ3) is 5.76. The first-order valence-corrected chi connectivity index (χ1v) is 5.44. The van der Waals surface area contributed by atoms with E-state index in [0.717, 1.165) is 0 Å². The molecule has 0 aromatic heterocycles. The molecule has 0 aromatic rings. The van der Waals surface area contributed by atoms with Gasteiger partial charge < -0.3 is 24.4 Å². The van der Waals surface area contributed by atoms with Crippen LogP contribution in [0.3, 0.4) is 0 Å². The summed E-state index contributed by atoms with van der Waals surface area (Å²) < 4.78 is 14.3. The van der Waals surface area contributed by atoms with E-state index in [-0.39, 0.29) is 31.3 Å². The van der Waals surface area contributed by atoms with Crippen LogP contribution in [0.4, 0.5) is 0 Å². The van der Waals surface area contributed by atoms with Gasteiger partial charge in [0, 0.05) is 5.57 Å². The number of ether oxygens (including phenoxy) is 3. The van der Waals surface area contributed by atoms with Crippen LogP contribution in [-0.4, -0.2) is 60.8 Å². The van der Waals surface area contributed by atoms with E-state index in [9.17, 15) is 9.59 Å².